The number of aromatic nitrogens is 3. The lowest BCUT2D eigenvalue weighted by Gasteiger charge is -2.06. The Balaban J connectivity index is 2.34. The van der Waals surface area contributed by atoms with Crippen LogP contribution >= 0.6 is 0 Å². The topological polar surface area (TPSA) is 111 Å². The van der Waals surface area contributed by atoms with Crippen LogP contribution in [0.25, 0.3) is 16.6 Å². The highest BCUT2D eigenvalue weighted by Gasteiger charge is 2.21. The number of para-hydroxylation sites is 1. The third-order valence-electron chi connectivity index (χ3n) is 2.98. The van der Waals surface area contributed by atoms with E-state index in [1.807, 2.05) is 0 Å². The van der Waals surface area contributed by atoms with Crippen LogP contribution in [0, 0.1) is 10.1 Å². The number of carboxylic acids is 1. The molecular formula is C13H8N4O4. The van der Waals surface area contributed by atoms with E-state index in [0.717, 1.165) is 12.4 Å². The average Bonchev–Trinajstić information content (AvgIpc) is 2.95. The van der Waals surface area contributed by atoms with Gasteiger partial charge in [-0.2, -0.15) is 5.10 Å². The zero-order valence-electron chi connectivity index (χ0n) is 10.5. The molecule has 0 unspecified atom stereocenters. The second-order valence-corrected chi connectivity index (χ2v) is 4.25. The molecule has 104 valence electrons. The molecule has 0 aliphatic carbocycles. The van der Waals surface area contributed by atoms with Gasteiger partial charge in [0.1, 0.15) is 6.20 Å². The van der Waals surface area contributed by atoms with E-state index in [9.17, 15) is 14.9 Å². The Kier molecular flexibility index (Phi) is 2.83. The highest BCUT2D eigenvalue weighted by atomic mass is 16.6. The summed E-state index contributed by atoms with van der Waals surface area (Å²) in [7, 11) is 0. The van der Waals surface area contributed by atoms with Crippen molar-refractivity contribution in [1.29, 1.82) is 0 Å². The molecule has 0 spiro atoms. The SMILES string of the molecule is O=C(O)c1cnn(-c2c([N+](=O)[O-])cnc3ccccc23)c1. The number of carbonyl (C=O) groups is 1. The summed E-state index contributed by atoms with van der Waals surface area (Å²) >= 11 is 0. The normalized spacial score (nSPS) is 10.7. The largest absolute Gasteiger partial charge is 0.478 e. The van der Waals surface area contributed by atoms with Crippen LogP contribution in [0.15, 0.2) is 42.9 Å². The quantitative estimate of drug-likeness (QED) is 0.581. The van der Waals surface area contributed by atoms with Crippen LogP contribution in [0.2, 0.25) is 0 Å². The summed E-state index contributed by atoms with van der Waals surface area (Å²) in [6.07, 6.45) is 3.51. The fraction of sp³-hybridized carbons (Fsp3) is 0. The lowest BCUT2D eigenvalue weighted by molar-refractivity contribution is -0.384. The van der Waals surface area contributed by atoms with Gasteiger partial charge in [0.05, 0.1) is 22.2 Å². The molecule has 0 fully saturated rings. The Hall–Kier alpha value is -3.29. The summed E-state index contributed by atoms with van der Waals surface area (Å²) in [5.74, 6) is -1.15. The fourth-order valence-corrected chi connectivity index (χ4v) is 2.05. The van der Waals surface area contributed by atoms with E-state index in [2.05, 4.69) is 10.1 Å². The monoisotopic (exact) mass is 284 g/mol. The van der Waals surface area contributed by atoms with Gasteiger partial charge in [-0.15, -0.1) is 0 Å². The van der Waals surface area contributed by atoms with Crippen LogP contribution in [-0.2, 0) is 0 Å². The number of benzene rings is 1. The Morgan fingerprint density at radius 2 is 2.05 bits per heavy atom. The molecule has 0 bridgehead atoms. The minimum absolute atomic E-state index is 0.0507. The fourth-order valence-electron chi connectivity index (χ4n) is 2.05. The summed E-state index contributed by atoms with van der Waals surface area (Å²) in [5.41, 5.74) is 0.461. The van der Waals surface area contributed by atoms with Crippen LogP contribution in [0.3, 0.4) is 0 Å². The summed E-state index contributed by atoms with van der Waals surface area (Å²) in [6, 6.07) is 6.87. The first-order chi connectivity index (χ1) is 10.1. The maximum Gasteiger partial charge on any atom is 0.338 e. The molecule has 0 amide bonds. The number of hydrogen-bond acceptors (Lipinski definition) is 5. The smallest absolute Gasteiger partial charge is 0.338 e. The predicted octanol–water partition coefficient (Wildman–Crippen LogP) is 2.03. The second-order valence-electron chi connectivity index (χ2n) is 4.25. The molecule has 3 aromatic rings. The van der Waals surface area contributed by atoms with Gasteiger partial charge in [-0.05, 0) is 6.07 Å². The lowest BCUT2D eigenvalue weighted by atomic mass is 10.1. The van der Waals surface area contributed by atoms with Crippen molar-refractivity contribution in [2.24, 2.45) is 0 Å². The van der Waals surface area contributed by atoms with E-state index in [-0.39, 0.29) is 16.9 Å². The lowest BCUT2D eigenvalue weighted by Crippen LogP contribution is -2.03. The molecule has 1 N–H and O–H groups in total. The highest BCUT2D eigenvalue weighted by molar-refractivity contribution is 5.91. The van der Waals surface area contributed by atoms with E-state index in [1.165, 1.54) is 10.9 Å². The number of fused-ring (bicyclic) bond motifs is 1. The first-order valence-electron chi connectivity index (χ1n) is 5.88. The third kappa shape index (κ3) is 2.08. The summed E-state index contributed by atoms with van der Waals surface area (Å²) in [5, 5.41) is 24.5. The van der Waals surface area contributed by atoms with Crippen LogP contribution in [0.1, 0.15) is 10.4 Å². The Bertz CT molecular complexity index is 871. The van der Waals surface area contributed by atoms with Gasteiger partial charge < -0.3 is 5.11 Å². The van der Waals surface area contributed by atoms with Gasteiger partial charge in [-0.25, -0.2) is 14.5 Å². The number of aromatic carboxylic acids is 1. The minimum atomic E-state index is -1.15. The van der Waals surface area contributed by atoms with Gasteiger partial charge >= 0.3 is 11.7 Å². The van der Waals surface area contributed by atoms with Crippen molar-refractivity contribution in [3.63, 3.8) is 0 Å². The van der Waals surface area contributed by atoms with Gasteiger partial charge in [-0.1, -0.05) is 18.2 Å². The van der Waals surface area contributed by atoms with E-state index >= 15 is 0 Å². The Labute approximate surface area is 117 Å². The Morgan fingerprint density at radius 1 is 1.29 bits per heavy atom. The Morgan fingerprint density at radius 3 is 2.71 bits per heavy atom. The standard InChI is InChI=1S/C13H8N4O4/c18-13(19)8-5-15-16(7-8)12-9-3-1-2-4-10(9)14-6-11(12)17(20)21/h1-7H,(H,18,19). The van der Waals surface area contributed by atoms with Crippen LogP contribution < -0.4 is 0 Å². The van der Waals surface area contributed by atoms with E-state index in [1.54, 1.807) is 24.3 Å². The molecular weight excluding hydrogens is 276 g/mol. The molecule has 0 radical (unpaired) electrons. The maximum atomic E-state index is 11.2. The van der Waals surface area contributed by atoms with Crippen molar-refractivity contribution >= 4 is 22.6 Å². The molecule has 0 saturated heterocycles. The summed E-state index contributed by atoms with van der Waals surface area (Å²) < 4.78 is 1.19. The van der Waals surface area contributed by atoms with Gasteiger partial charge in [-0.3, -0.25) is 10.1 Å². The summed E-state index contributed by atoms with van der Waals surface area (Å²) in [6.45, 7) is 0. The van der Waals surface area contributed by atoms with Crippen molar-refractivity contribution in [3.8, 4) is 5.69 Å². The van der Waals surface area contributed by atoms with Crippen molar-refractivity contribution in [2.45, 2.75) is 0 Å². The maximum absolute atomic E-state index is 11.2. The van der Waals surface area contributed by atoms with Gasteiger partial charge in [0.15, 0.2) is 5.69 Å². The number of hydrogen-bond donors (Lipinski definition) is 1. The molecule has 3 rings (SSSR count). The molecule has 0 saturated carbocycles. The highest BCUT2D eigenvalue weighted by Crippen LogP contribution is 2.29. The van der Waals surface area contributed by atoms with Crippen molar-refractivity contribution < 1.29 is 14.8 Å². The molecule has 0 aliphatic rings. The van der Waals surface area contributed by atoms with E-state index in [0.29, 0.717) is 10.9 Å². The van der Waals surface area contributed by atoms with Crippen molar-refractivity contribution in [1.82, 2.24) is 14.8 Å². The predicted molar refractivity (Wildman–Crippen MR) is 72.5 cm³/mol. The third-order valence-corrected chi connectivity index (χ3v) is 2.98. The molecule has 0 aliphatic heterocycles. The zero-order valence-corrected chi connectivity index (χ0v) is 10.5. The first kappa shape index (κ1) is 12.7. The molecule has 2 aromatic heterocycles. The van der Waals surface area contributed by atoms with E-state index < -0.39 is 10.9 Å². The number of rotatable bonds is 3. The van der Waals surface area contributed by atoms with Gasteiger partial charge in [0.25, 0.3) is 0 Å². The average molecular weight is 284 g/mol. The minimum Gasteiger partial charge on any atom is -0.478 e. The molecule has 1 aromatic carbocycles. The molecule has 21 heavy (non-hydrogen) atoms. The number of nitro groups is 1. The molecule has 0 atom stereocenters. The van der Waals surface area contributed by atoms with Gasteiger partial charge in [0.2, 0.25) is 0 Å². The number of nitrogens with zero attached hydrogens (tertiary/aromatic N) is 4. The summed E-state index contributed by atoms with van der Waals surface area (Å²) in [4.78, 5) is 25.6. The van der Waals surface area contributed by atoms with Crippen molar-refractivity contribution in [2.75, 3.05) is 0 Å². The van der Waals surface area contributed by atoms with Crippen LogP contribution in [0.5, 0.6) is 0 Å². The van der Waals surface area contributed by atoms with Crippen molar-refractivity contribution in [3.05, 3.63) is 58.5 Å². The second kappa shape index (κ2) is 4.67. The van der Waals surface area contributed by atoms with E-state index in [4.69, 9.17) is 5.11 Å². The number of carboxylic acid groups (broad SMARTS) is 1. The molecule has 8 nitrogen and oxygen atoms in total. The first-order valence-corrected chi connectivity index (χ1v) is 5.88. The molecule has 8 heteroatoms. The van der Waals surface area contributed by atoms with Crippen LogP contribution in [0.4, 0.5) is 5.69 Å². The zero-order chi connectivity index (χ0) is 15.0. The van der Waals surface area contributed by atoms with Crippen LogP contribution in [-0.4, -0.2) is 30.8 Å². The number of pyridine rings is 1. The van der Waals surface area contributed by atoms with Gasteiger partial charge in [0, 0.05) is 11.6 Å². The molecule has 2 heterocycles.